The third kappa shape index (κ3) is 4.73. The summed E-state index contributed by atoms with van der Waals surface area (Å²) in [4.78, 5) is 36.0. The van der Waals surface area contributed by atoms with E-state index < -0.39 is 0 Å². The molecule has 0 unspecified atom stereocenters. The van der Waals surface area contributed by atoms with Gasteiger partial charge in [-0.15, -0.1) is 0 Å². The van der Waals surface area contributed by atoms with Crippen molar-refractivity contribution in [2.24, 2.45) is 11.8 Å². The molecule has 4 heterocycles. The van der Waals surface area contributed by atoms with Crippen LogP contribution in [0.3, 0.4) is 0 Å². The van der Waals surface area contributed by atoms with E-state index in [1.807, 2.05) is 30.5 Å². The fraction of sp³-hybridized carbons (Fsp3) is 0.385. The lowest BCUT2D eigenvalue weighted by atomic mass is 9.91. The molecule has 0 radical (unpaired) electrons. The van der Waals surface area contributed by atoms with E-state index in [0.717, 1.165) is 17.3 Å². The molecule has 2 aliphatic rings. The predicted octanol–water partition coefficient (Wildman–Crippen LogP) is 2.86. The van der Waals surface area contributed by atoms with Crippen molar-refractivity contribution in [2.75, 3.05) is 26.3 Å². The summed E-state index contributed by atoms with van der Waals surface area (Å²) in [6.45, 7) is 2.32. The molecule has 1 aromatic carbocycles. The summed E-state index contributed by atoms with van der Waals surface area (Å²) >= 11 is 0. The quantitative estimate of drug-likeness (QED) is 0.654. The Labute approximate surface area is 193 Å². The van der Waals surface area contributed by atoms with Gasteiger partial charge in [-0.2, -0.15) is 0 Å². The fourth-order valence-corrected chi connectivity index (χ4v) is 4.87. The van der Waals surface area contributed by atoms with Gasteiger partial charge in [0.1, 0.15) is 5.69 Å². The van der Waals surface area contributed by atoms with E-state index in [2.05, 4.69) is 27.4 Å². The van der Waals surface area contributed by atoms with Crippen molar-refractivity contribution in [1.29, 1.82) is 0 Å². The Morgan fingerprint density at radius 3 is 2.61 bits per heavy atom. The highest BCUT2D eigenvalue weighted by molar-refractivity contribution is 5.92. The number of nitrogens with one attached hydrogen (secondary N) is 1. The van der Waals surface area contributed by atoms with Gasteiger partial charge in [0.05, 0.1) is 24.8 Å². The number of hydrogen-bond donors (Lipinski definition) is 1. The van der Waals surface area contributed by atoms with Crippen molar-refractivity contribution < 1.29 is 14.3 Å². The second-order valence-corrected chi connectivity index (χ2v) is 8.89. The van der Waals surface area contributed by atoms with Crippen LogP contribution in [0, 0.1) is 11.8 Å². The number of benzene rings is 1. The van der Waals surface area contributed by atoms with Crippen molar-refractivity contribution >= 4 is 22.7 Å². The van der Waals surface area contributed by atoms with Crippen LogP contribution in [0.1, 0.15) is 28.9 Å². The van der Waals surface area contributed by atoms with E-state index in [1.54, 1.807) is 23.2 Å². The number of aromatic nitrogens is 2. The molecule has 5 rings (SSSR count). The second kappa shape index (κ2) is 9.67. The Hall–Kier alpha value is -3.32. The van der Waals surface area contributed by atoms with Gasteiger partial charge in [0.2, 0.25) is 5.91 Å². The Kier molecular flexibility index (Phi) is 6.30. The number of fused-ring (bicyclic) bond motifs is 1. The lowest BCUT2D eigenvalue weighted by Gasteiger charge is -2.32. The molecule has 2 atom stereocenters. The minimum Gasteiger partial charge on any atom is -0.379 e. The summed E-state index contributed by atoms with van der Waals surface area (Å²) in [5, 5.41) is 4.40. The largest absolute Gasteiger partial charge is 0.379 e. The predicted molar refractivity (Wildman–Crippen MR) is 125 cm³/mol. The average molecular weight is 445 g/mol. The standard InChI is InChI=1S/C26H28N4O3/c31-25(18-9-13-30(14-10-18)26(32)23-7-3-4-11-27-23)29-24-17-33-16-20(24)15-19-8-12-28-22-6-2-1-5-21(19)22/h1-8,11-12,18,20,24H,9-10,13-17H2,(H,29,31)/t20-,24+/m1/s1. The summed E-state index contributed by atoms with van der Waals surface area (Å²) < 4.78 is 5.75. The number of carbonyl (C=O) groups excluding carboxylic acids is 2. The van der Waals surface area contributed by atoms with Crippen LogP contribution in [-0.2, 0) is 16.0 Å². The van der Waals surface area contributed by atoms with Crippen LogP contribution in [0.25, 0.3) is 10.9 Å². The van der Waals surface area contributed by atoms with Crippen LogP contribution in [0.4, 0.5) is 0 Å². The summed E-state index contributed by atoms with van der Waals surface area (Å²) in [7, 11) is 0. The van der Waals surface area contributed by atoms with E-state index in [9.17, 15) is 9.59 Å². The van der Waals surface area contributed by atoms with Crippen molar-refractivity contribution in [2.45, 2.75) is 25.3 Å². The molecular weight excluding hydrogens is 416 g/mol. The highest BCUT2D eigenvalue weighted by Crippen LogP contribution is 2.25. The third-order valence-electron chi connectivity index (χ3n) is 6.78. The zero-order chi connectivity index (χ0) is 22.6. The van der Waals surface area contributed by atoms with Crippen molar-refractivity contribution in [3.05, 3.63) is 72.2 Å². The van der Waals surface area contributed by atoms with Gasteiger partial charge in [-0.25, -0.2) is 0 Å². The van der Waals surface area contributed by atoms with Crippen LogP contribution in [0.2, 0.25) is 0 Å². The maximum atomic E-state index is 13.0. The van der Waals surface area contributed by atoms with Crippen LogP contribution < -0.4 is 5.32 Å². The molecule has 7 nitrogen and oxygen atoms in total. The molecule has 7 heteroatoms. The zero-order valence-corrected chi connectivity index (χ0v) is 18.5. The molecule has 0 aliphatic carbocycles. The number of nitrogens with zero attached hydrogens (tertiary/aromatic N) is 3. The smallest absolute Gasteiger partial charge is 0.272 e. The number of carbonyl (C=O) groups is 2. The highest BCUT2D eigenvalue weighted by atomic mass is 16.5. The summed E-state index contributed by atoms with van der Waals surface area (Å²) in [6, 6.07) is 15.5. The van der Waals surface area contributed by atoms with E-state index in [4.69, 9.17) is 4.74 Å². The number of likely N-dealkylation sites (tertiary alicyclic amines) is 1. The van der Waals surface area contributed by atoms with Gasteiger partial charge in [-0.05, 0) is 49.1 Å². The Balaban J connectivity index is 1.17. The number of piperidine rings is 1. The molecule has 170 valence electrons. The average Bonchev–Trinajstić information content (AvgIpc) is 3.30. The number of pyridine rings is 2. The Morgan fingerprint density at radius 1 is 0.970 bits per heavy atom. The molecule has 1 N–H and O–H groups in total. The van der Waals surface area contributed by atoms with Gasteiger partial charge in [0, 0.05) is 42.7 Å². The maximum Gasteiger partial charge on any atom is 0.272 e. The van der Waals surface area contributed by atoms with Gasteiger partial charge in [0.15, 0.2) is 0 Å². The molecule has 2 saturated heterocycles. The zero-order valence-electron chi connectivity index (χ0n) is 18.5. The fourth-order valence-electron chi connectivity index (χ4n) is 4.87. The van der Waals surface area contributed by atoms with E-state index >= 15 is 0 Å². The maximum absolute atomic E-state index is 13.0. The number of ether oxygens (including phenoxy) is 1. The molecule has 2 amide bonds. The molecule has 2 aliphatic heterocycles. The minimum atomic E-state index is -0.0826. The SMILES string of the molecule is O=C(N[C@H]1COC[C@H]1Cc1ccnc2ccccc12)C1CCN(C(=O)c2ccccn2)CC1. The summed E-state index contributed by atoms with van der Waals surface area (Å²) in [5.41, 5.74) is 2.67. The van der Waals surface area contributed by atoms with Crippen molar-refractivity contribution in [3.63, 3.8) is 0 Å². The summed E-state index contributed by atoms with van der Waals surface area (Å²) in [5.74, 6) is 0.148. The number of amides is 2. The topological polar surface area (TPSA) is 84.4 Å². The lowest BCUT2D eigenvalue weighted by molar-refractivity contribution is -0.127. The Bertz CT molecular complexity index is 1120. The minimum absolute atomic E-state index is 0.00221. The lowest BCUT2D eigenvalue weighted by Crippen LogP contribution is -2.47. The number of rotatable bonds is 5. The van der Waals surface area contributed by atoms with E-state index in [0.29, 0.717) is 44.8 Å². The first kappa shape index (κ1) is 21.5. The molecule has 2 aromatic heterocycles. The van der Waals surface area contributed by atoms with E-state index in [-0.39, 0.29) is 29.7 Å². The van der Waals surface area contributed by atoms with Gasteiger partial charge in [-0.1, -0.05) is 24.3 Å². The first-order valence-electron chi connectivity index (χ1n) is 11.6. The normalized spacial score (nSPS) is 21.3. The van der Waals surface area contributed by atoms with Crippen LogP contribution in [-0.4, -0.2) is 59.0 Å². The molecule has 33 heavy (non-hydrogen) atoms. The van der Waals surface area contributed by atoms with Gasteiger partial charge >= 0.3 is 0 Å². The van der Waals surface area contributed by atoms with Crippen LogP contribution in [0.5, 0.6) is 0 Å². The van der Waals surface area contributed by atoms with Crippen LogP contribution in [0.15, 0.2) is 60.9 Å². The molecule has 0 bridgehead atoms. The molecule has 3 aromatic rings. The monoisotopic (exact) mass is 444 g/mol. The van der Waals surface area contributed by atoms with E-state index in [1.165, 1.54) is 5.56 Å². The Morgan fingerprint density at radius 2 is 1.79 bits per heavy atom. The summed E-state index contributed by atoms with van der Waals surface area (Å²) in [6.07, 6.45) is 5.64. The molecule has 2 fully saturated rings. The van der Waals surface area contributed by atoms with Gasteiger partial charge in [-0.3, -0.25) is 19.6 Å². The van der Waals surface area contributed by atoms with Crippen LogP contribution >= 0.6 is 0 Å². The number of hydrogen-bond acceptors (Lipinski definition) is 5. The second-order valence-electron chi connectivity index (χ2n) is 8.89. The number of para-hydroxylation sites is 1. The van der Waals surface area contributed by atoms with Crippen molar-refractivity contribution in [1.82, 2.24) is 20.2 Å². The molecular formula is C26H28N4O3. The molecule has 0 saturated carbocycles. The van der Waals surface area contributed by atoms with Gasteiger partial charge in [0.25, 0.3) is 5.91 Å². The molecule has 0 spiro atoms. The third-order valence-corrected chi connectivity index (χ3v) is 6.78. The van der Waals surface area contributed by atoms with Gasteiger partial charge < -0.3 is 15.0 Å². The first-order chi connectivity index (χ1) is 16.2. The first-order valence-corrected chi connectivity index (χ1v) is 11.6. The highest BCUT2D eigenvalue weighted by Gasteiger charge is 2.34. The van der Waals surface area contributed by atoms with Crippen molar-refractivity contribution in [3.8, 4) is 0 Å².